The Labute approximate surface area is 106 Å². The summed E-state index contributed by atoms with van der Waals surface area (Å²) in [6.45, 7) is 4.98. The number of nitrogens with zero attached hydrogens (tertiary/aromatic N) is 1. The lowest BCUT2D eigenvalue weighted by atomic mass is 9.83. The highest BCUT2D eigenvalue weighted by molar-refractivity contribution is 7.09. The molecule has 1 saturated heterocycles. The standard InChI is InChI=1S/C13H19NO2S/c1-10(2)13(16)8-14(9-13)12(15)6-5-11-4-3-7-17-11/h3-4,7,10,16H,5-6,8-9H2,1-2H3. The summed E-state index contributed by atoms with van der Waals surface area (Å²) in [5, 5.41) is 12.1. The van der Waals surface area contributed by atoms with E-state index >= 15 is 0 Å². The Hall–Kier alpha value is -0.870. The van der Waals surface area contributed by atoms with Crippen molar-refractivity contribution in [2.24, 2.45) is 5.92 Å². The van der Waals surface area contributed by atoms with Crippen LogP contribution in [0.5, 0.6) is 0 Å². The Bertz CT molecular complexity index is 380. The second kappa shape index (κ2) is 4.78. The normalized spacial score (nSPS) is 18.2. The third-order valence-electron chi connectivity index (χ3n) is 3.52. The minimum atomic E-state index is -0.654. The lowest BCUT2D eigenvalue weighted by Crippen LogP contribution is -2.65. The number of carbonyl (C=O) groups is 1. The van der Waals surface area contributed by atoms with Gasteiger partial charge in [0.05, 0.1) is 13.1 Å². The largest absolute Gasteiger partial charge is 0.386 e. The van der Waals surface area contributed by atoms with Crippen molar-refractivity contribution in [2.75, 3.05) is 13.1 Å². The van der Waals surface area contributed by atoms with Crippen molar-refractivity contribution < 1.29 is 9.90 Å². The molecule has 1 aliphatic rings. The first-order valence-electron chi connectivity index (χ1n) is 6.04. The van der Waals surface area contributed by atoms with Crippen LogP contribution in [0.3, 0.4) is 0 Å². The second-order valence-electron chi connectivity index (χ2n) is 5.09. The third-order valence-corrected chi connectivity index (χ3v) is 4.46. The Morgan fingerprint density at radius 3 is 2.82 bits per heavy atom. The van der Waals surface area contributed by atoms with Crippen LogP contribution < -0.4 is 0 Å². The first kappa shape index (κ1) is 12.6. The van der Waals surface area contributed by atoms with Crippen molar-refractivity contribution in [1.82, 2.24) is 4.90 Å². The number of carbonyl (C=O) groups excluding carboxylic acids is 1. The molecule has 1 aromatic heterocycles. The van der Waals surface area contributed by atoms with E-state index in [-0.39, 0.29) is 11.8 Å². The predicted octanol–water partition coefficient (Wildman–Crippen LogP) is 1.91. The zero-order valence-corrected chi connectivity index (χ0v) is 11.2. The topological polar surface area (TPSA) is 40.5 Å². The molecule has 0 atom stereocenters. The number of thiophene rings is 1. The molecule has 0 unspecified atom stereocenters. The molecule has 0 spiro atoms. The molecule has 1 amide bonds. The van der Waals surface area contributed by atoms with Crippen LogP contribution in [0.4, 0.5) is 0 Å². The second-order valence-corrected chi connectivity index (χ2v) is 6.12. The molecule has 1 aromatic rings. The summed E-state index contributed by atoms with van der Waals surface area (Å²) in [6.07, 6.45) is 1.36. The highest BCUT2D eigenvalue weighted by Gasteiger charge is 2.45. The molecule has 1 aliphatic heterocycles. The average molecular weight is 253 g/mol. The molecule has 0 aliphatic carbocycles. The SMILES string of the molecule is CC(C)C1(O)CN(C(=O)CCc2cccs2)C1. The van der Waals surface area contributed by atoms with E-state index < -0.39 is 5.60 Å². The maximum Gasteiger partial charge on any atom is 0.223 e. The van der Waals surface area contributed by atoms with Gasteiger partial charge in [0.25, 0.3) is 0 Å². The number of hydrogen-bond donors (Lipinski definition) is 1. The molecule has 0 bridgehead atoms. The molecular formula is C13H19NO2S. The Kier molecular flexibility index (Phi) is 3.54. The van der Waals surface area contributed by atoms with Crippen LogP contribution in [0.1, 0.15) is 25.1 Å². The highest BCUT2D eigenvalue weighted by atomic mass is 32.1. The molecule has 2 rings (SSSR count). The van der Waals surface area contributed by atoms with Gasteiger partial charge in [-0.3, -0.25) is 4.79 Å². The summed E-state index contributed by atoms with van der Waals surface area (Å²) >= 11 is 1.69. The molecule has 0 saturated carbocycles. The van der Waals surface area contributed by atoms with Gasteiger partial charge < -0.3 is 10.0 Å². The van der Waals surface area contributed by atoms with Crippen LogP contribution in [0.15, 0.2) is 17.5 Å². The lowest BCUT2D eigenvalue weighted by molar-refractivity contribution is -0.163. The summed E-state index contributed by atoms with van der Waals surface area (Å²) in [6, 6.07) is 4.06. The van der Waals surface area contributed by atoms with Crippen LogP contribution in [-0.4, -0.2) is 34.6 Å². The zero-order chi connectivity index (χ0) is 12.5. The van der Waals surface area contributed by atoms with E-state index in [4.69, 9.17) is 0 Å². The van der Waals surface area contributed by atoms with Crippen molar-refractivity contribution in [3.8, 4) is 0 Å². The van der Waals surface area contributed by atoms with Crippen molar-refractivity contribution in [2.45, 2.75) is 32.3 Å². The van der Waals surface area contributed by atoms with Gasteiger partial charge in [-0.25, -0.2) is 0 Å². The molecule has 17 heavy (non-hydrogen) atoms. The van der Waals surface area contributed by atoms with Crippen LogP contribution >= 0.6 is 11.3 Å². The Morgan fingerprint density at radius 2 is 2.29 bits per heavy atom. The maximum atomic E-state index is 11.9. The number of aliphatic hydroxyl groups is 1. The summed E-state index contributed by atoms with van der Waals surface area (Å²) in [4.78, 5) is 14.9. The van der Waals surface area contributed by atoms with Crippen LogP contribution in [0.25, 0.3) is 0 Å². The van der Waals surface area contributed by atoms with Gasteiger partial charge in [0.1, 0.15) is 5.60 Å². The zero-order valence-electron chi connectivity index (χ0n) is 10.3. The van der Waals surface area contributed by atoms with E-state index in [9.17, 15) is 9.90 Å². The molecule has 1 fully saturated rings. The summed E-state index contributed by atoms with van der Waals surface area (Å²) in [7, 11) is 0. The summed E-state index contributed by atoms with van der Waals surface area (Å²) < 4.78 is 0. The fraction of sp³-hybridized carbons (Fsp3) is 0.615. The number of likely N-dealkylation sites (tertiary alicyclic amines) is 1. The van der Waals surface area contributed by atoms with Gasteiger partial charge >= 0.3 is 0 Å². The van der Waals surface area contributed by atoms with Crippen LogP contribution in [-0.2, 0) is 11.2 Å². The molecule has 0 aromatic carbocycles. The number of rotatable bonds is 4. The van der Waals surface area contributed by atoms with Crippen molar-refractivity contribution in [3.05, 3.63) is 22.4 Å². The smallest absolute Gasteiger partial charge is 0.223 e. The fourth-order valence-corrected chi connectivity index (χ4v) is 2.71. The van der Waals surface area contributed by atoms with E-state index in [1.807, 2.05) is 25.3 Å². The van der Waals surface area contributed by atoms with Gasteiger partial charge in [0, 0.05) is 11.3 Å². The molecule has 1 N–H and O–H groups in total. The van der Waals surface area contributed by atoms with E-state index in [1.165, 1.54) is 4.88 Å². The van der Waals surface area contributed by atoms with Gasteiger partial charge in [-0.1, -0.05) is 19.9 Å². The monoisotopic (exact) mass is 253 g/mol. The molecule has 3 nitrogen and oxygen atoms in total. The van der Waals surface area contributed by atoms with Crippen LogP contribution in [0, 0.1) is 5.92 Å². The maximum absolute atomic E-state index is 11.9. The summed E-state index contributed by atoms with van der Waals surface area (Å²) in [5.41, 5.74) is -0.654. The Morgan fingerprint density at radius 1 is 1.59 bits per heavy atom. The minimum absolute atomic E-state index is 0.156. The number of hydrogen-bond acceptors (Lipinski definition) is 3. The first-order chi connectivity index (χ1) is 8.01. The fourth-order valence-electron chi connectivity index (χ4n) is 2.00. The van der Waals surface area contributed by atoms with Gasteiger partial charge in [-0.05, 0) is 23.8 Å². The number of amides is 1. The van der Waals surface area contributed by atoms with Crippen molar-refractivity contribution >= 4 is 17.2 Å². The highest BCUT2D eigenvalue weighted by Crippen LogP contribution is 2.29. The van der Waals surface area contributed by atoms with Gasteiger partial charge in [0.15, 0.2) is 0 Å². The Balaban J connectivity index is 1.76. The first-order valence-corrected chi connectivity index (χ1v) is 6.92. The summed E-state index contributed by atoms with van der Waals surface area (Å²) in [5.74, 6) is 0.368. The van der Waals surface area contributed by atoms with Crippen LogP contribution in [0.2, 0.25) is 0 Å². The van der Waals surface area contributed by atoms with Gasteiger partial charge in [-0.15, -0.1) is 11.3 Å². The van der Waals surface area contributed by atoms with Gasteiger partial charge in [-0.2, -0.15) is 0 Å². The van der Waals surface area contributed by atoms with E-state index in [2.05, 4.69) is 6.07 Å². The molecule has 94 valence electrons. The molecular weight excluding hydrogens is 234 g/mol. The predicted molar refractivity (Wildman–Crippen MR) is 69.0 cm³/mol. The quantitative estimate of drug-likeness (QED) is 0.890. The molecule has 2 heterocycles. The van der Waals surface area contributed by atoms with E-state index in [1.54, 1.807) is 16.2 Å². The molecule has 4 heteroatoms. The van der Waals surface area contributed by atoms with Crippen molar-refractivity contribution in [3.63, 3.8) is 0 Å². The number of aryl methyl sites for hydroxylation is 1. The number of β-amino-alcohol motifs (C(OH)–C–C–N with tert-alkyl or cyclic N) is 1. The van der Waals surface area contributed by atoms with E-state index in [0.29, 0.717) is 19.5 Å². The lowest BCUT2D eigenvalue weighted by Gasteiger charge is -2.49. The van der Waals surface area contributed by atoms with Gasteiger partial charge in [0.2, 0.25) is 5.91 Å². The minimum Gasteiger partial charge on any atom is -0.386 e. The van der Waals surface area contributed by atoms with E-state index in [0.717, 1.165) is 6.42 Å². The average Bonchev–Trinajstić information content (AvgIpc) is 2.73. The third kappa shape index (κ3) is 2.69. The molecule has 0 radical (unpaired) electrons. The van der Waals surface area contributed by atoms with Crippen molar-refractivity contribution in [1.29, 1.82) is 0 Å².